The van der Waals surface area contributed by atoms with Gasteiger partial charge in [0.15, 0.2) is 0 Å². The van der Waals surface area contributed by atoms with Gasteiger partial charge in [-0.3, -0.25) is 9.59 Å². The maximum absolute atomic E-state index is 13.3. The van der Waals surface area contributed by atoms with Crippen LogP contribution in [0.2, 0.25) is 0 Å². The molecule has 5 nitrogen and oxygen atoms in total. The van der Waals surface area contributed by atoms with E-state index in [1.165, 1.54) is 12.1 Å². The lowest BCUT2D eigenvalue weighted by Crippen LogP contribution is -2.48. The molecule has 1 heterocycles. The average molecular weight is 348 g/mol. The van der Waals surface area contributed by atoms with Crippen LogP contribution < -0.4 is 5.32 Å². The van der Waals surface area contributed by atoms with Gasteiger partial charge in [-0.05, 0) is 49.8 Å². The number of hydrogen-bond donors (Lipinski definition) is 2. The molecule has 1 aromatic rings. The fourth-order valence-corrected chi connectivity index (χ4v) is 3.68. The Balaban J connectivity index is 1.56. The van der Waals surface area contributed by atoms with Crippen LogP contribution in [0.1, 0.15) is 44.1 Å². The second-order valence-electron chi connectivity index (χ2n) is 7.15. The van der Waals surface area contributed by atoms with Crippen molar-refractivity contribution in [1.82, 2.24) is 10.2 Å². The molecule has 2 fully saturated rings. The van der Waals surface area contributed by atoms with Crippen molar-refractivity contribution < 1.29 is 19.1 Å². The number of nitrogens with zero attached hydrogens (tertiary/aromatic N) is 1. The second kappa shape index (κ2) is 7.95. The first-order valence-electron chi connectivity index (χ1n) is 9.02. The topological polar surface area (TPSA) is 69.6 Å². The summed E-state index contributed by atoms with van der Waals surface area (Å²) in [6, 6.07) is 6.32. The largest absolute Gasteiger partial charge is 0.393 e. The highest BCUT2D eigenvalue weighted by Gasteiger charge is 2.31. The molecule has 6 heteroatoms. The van der Waals surface area contributed by atoms with E-state index in [1.54, 1.807) is 17.0 Å². The molecule has 2 amide bonds. The van der Waals surface area contributed by atoms with Crippen molar-refractivity contribution >= 4 is 11.8 Å². The SMILES string of the molecule is O=C(NC1CCC(O)CC1)C1CCC(=O)N(Cc2cccc(F)c2)C1. The van der Waals surface area contributed by atoms with Crippen molar-refractivity contribution in [2.45, 2.75) is 57.2 Å². The van der Waals surface area contributed by atoms with Crippen molar-refractivity contribution in [3.05, 3.63) is 35.6 Å². The lowest BCUT2D eigenvalue weighted by atomic mass is 9.91. The number of halogens is 1. The highest BCUT2D eigenvalue weighted by molar-refractivity contribution is 5.84. The molecule has 1 aliphatic heterocycles. The summed E-state index contributed by atoms with van der Waals surface area (Å²) in [4.78, 5) is 26.3. The molecule has 2 aliphatic rings. The van der Waals surface area contributed by atoms with Crippen molar-refractivity contribution in [2.24, 2.45) is 5.92 Å². The molecule has 0 radical (unpaired) electrons. The summed E-state index contributed by atoms with van der Waals surface area (Å²) in [5, 5.41) is 12.6. The van der Waals surface area contributed by atoms with Crippen LogP contribution in [0, 0.1) is 11.7 Å². The third-order valence-corrected chi connectivity index (χ3v) is 5.18. The van der Waals surface area contributed by atoms with E-state index in [4.69, 9.17) is 0 Å². The summed E-state index contributed by atoms with van der Waals surface area (Å²) in [5.74, 6) is -0.555. The summed E-state index contributed by atoms with van der Waals surface area (Å²) in [5.41, 5.74) is 0.732. The molecule has 1 atom stereocenters. The Labute approximate surface area is 147 Å². The maximum Gasteiger partial charge on any atom is 0.225 e. The van der Waals surface area contributed by atoms with E-state index in [-0.39, 0.29) is 35.7 Å². The molecule has 2 N–H and O–H groups in total. The van der Waals surface area contributed by atoms with Gasteiger partial charge >= 0.3 is 0 Å². The molecule has 136 valence electrons. The Morgan fingerprint density at radius 2 is 2.00 bits per heavy atom. The minimum absolute atomic E-state index is 0.00843. The average Bonchev–Trinajstić information content (AvgIpc) is 2.59. The number of aliphatic hydroxyl groups excluding tert-OH is 1. The van der Waals surface area contributed by atoms with E-state index >= 15 is 0 Å². The van der Waals surface area contributed by atoms with Crippen LogP contribution in [0.25, 0.3) is 0 Å². The Hall–Kier alpha value is -1.95. The third-order valence-electron chi connectivity index (χ3n) is 5.18. The molecular formula is C19H25FN2O3. The first-order valence-corrected chi connectivity index (χ1v) is 9.02. The molecule has 25 heavy (non-hydrogen) atoms. The highest BCUT2D eigenvalue weighted by atomic mass is 19.1. The number of benzene rings is 1. The van der Waals surface area contributed by atoms with Gasteiger partial charge in [0.2, 0.25) is 11.8 Å². The summed E-state index contributed by atoms with van der Waals surface area (Å²) in [7, 11) is 0. The molecule has 1 aromatic carbocycles. The fourth-order valence-electron chi connectivity index (χ4n) is 3.68. The molecule has 1 saturated carbocycles. The van der Waals surface area contributed by atoms with E-state index in [0.29, 0.717) is 25.9 Å². The van der Waals surface area contributed by atoms with Crippen LogP contribution in [0.3, 0.4) is 0 Å². The minimum Gasteiger partial charge on any atom is -0.393 e. The number of carbonyl (C=O) groups excluding carboxylic acids is 2. The van der Waals surface area contributed by atoms with Crippen LogP contribution >= 0.6 is 0 Å². The quantitative estimate of drug-likeness (QED) is 0.874. The Bertz CT molecular complexity index is 629. The van der Waals surface area contributed by atoms with Gasteiger partial charge in [0.25, 0.3) is 0 Å². The van der Waals surface area contributed by atoms with Crippen LogP contribution in [0.4, 0.5) is 4.39 Å². The zero-order valence-corrected chi connectivity index (χ0v) is 14.3. The zero-order valence-electron chi connectivity index (χ0n) is 14.3. The molecule has 0 bridgehead atoms. The number of amides is 2. The van der Waals surface area contributed by atoms with Crippen LogP contribution in [-0.4, -0.2) is 40.5 Å². The number of aliphatic hydroxyl groups is 1. The molecule has 1 saturated heterocycles. The summed E-state index contributed by atoms with van der Waals surface area (Å²) >= 11 is 0. The van der Waals surface area contributed by atoms with Gasteiger partial charge in [0.05, 0.1) is 12.0 Å². The first kappa shape index (κ1) is 17.9. The number of nitrogens with one attached hydrogen (secondary N) is 1. The van der Waals surface area contributed by atoms with Crippen LogP contribution in [0.5, 0.6) is 0 Å². The normalized spacial score (nSPS) is 27.2. The molecule has 0 spiro atoms. The van der Waals surface area contributed by atoms with Crippen LogP contribution in [-0.2, 0) is 16.1 Å². The summed E-state index contributed by atoms with van der Waals surface area (Å²) in [6.07, 6.45) is 3.69. The van der Waals surface area contributed by atoms with Gasteiger partial charge in [-0.25, -0.2) is 4.39 Å². The van der Waals surface area contributed by atoms with Crippen molar-refractivity contribution in [3.8, 4) is 0 Å². The van der Waals surface area contributed by atoms with Crippen molar-refractivity contribution in [1.29, 1.82) is 0 Å². The number of rotatable bonds is 4. The van der Waals surface area contributed by atoms with Gasteiger partial charge in [0, 0.05) is 25.6 Å². The van der Waals surface area contributed by atoms with E-state index in [0.717, 1.165) is 31.2 Å². The Morgan fingerprint density at radius 3 is 2.72 bits per heavy atom. The highest BCUT2D eigenvalue weighted by Crippen LogP contribution is 2.23. The molecular weight excluding hydrogens is 323 g/mol. The summed E-state index contributed by atoms with van der Waals surface area (Å²) < 4.78 is 13.3. The molecule has 1 aliphatic carbocycles. The fraction of sp³-hybridized carbons (Fsp3) is 0.579. The standard InChI is InChI=1S/C19H25FN2O3/c20-15-3-1-2-13(10-15)11-22-12-14(4-9-18(22)24)19(25)21-16-5-7-17(23)8-6-16/h1-3,10,14,16-17,23H,4-9,11-12H2,(H,21,25). The Kier molecular flexibility index (Phi) is 5.68. The Morgan fingerprint density at radius 1 is 1.24 bits per heavy atom. The van der Waals surface area contributed by atoms with E-state index < -0.39 is 0 Å². The molecule has 0 aromatic heterocycles. The van der Waals surface area contributed by atoms with Gasteiger partial charge in [-0.15, -0.1) is 0 Å². The van der Waals surface area contributed by atoms with Crippen molar-refractivity contribution in [2.75, 3.05) is 6.54 Å². The van der Waals surface area contributed by atoms with Gasteiger partial charge < -0.3 is 15.3 Å². The van der Waals surface area contributed by atoms with Gasteiger partial charge in [-0.1, -0.05) is 12.1 Å². The smallest absolute Gasteiger partial charge is 0.225 e. The van der Waals surface area contributed by atoms with E-state index in [1.807, 2.05) is 0 Å². The lowest BCUT2D eigenvalue weighted by molar-refractivity contribution is -0.139. The number of hydrogen-bond acceptors (Lipinski definition) is 3. The van der Waals surface area contributed by atoms with Crippen molar-refractivity contribution in [3.63, 3.8) is 0 Å². The minimum atomic E-state index is -0.323. The summed E-state index contributed by atoms with van der Waals surface area (Å²) in [6.45, 7) is 0.701. The lowest BCUT2D eigenvalue weighted by Gasteiger charge is -2.34. The first-order chi connectivity index (χ1) is 12.0. The second-order valence-corrected chi connectivity index (χ2v) is 7.15. The van der Waals surface area contributed by atoms with Gasteiger partial charge in [0.1, 0.15) is 5.82 Å². The van der Waals surface area contributed by atoms with Gasteiger partial charge in [-0.2, -0.15) is 0 Å². The van der Waals surface area contributed by atoms with E-state index in [9.17, 15) is 19.1 Å². The van der Waals surface area contributed by atoms with Crippen LogP contribution in [0.15, 0.2) is 24.3 Å². The third kappa shape index (κ3) is 4.78. The number of likely N-dealkylation sites (tertiary alicyclic amines) is 1. The molecule has 3 rings (SSSR count). The predicted octanol–water partition coefficient (Wildman–Crippen LogP) is 1.98. The number of piperidine rings is 1. The zero-order chi connectivity index (χ0) is 17.8. The number of carbonyl (C=O) groups is 2. The predicted molar refractivity (Wildman–Crippen MR) is 90.9 cm³/mol. The maximum atomic E-state index is 13.3. The monoisotopic (exact) mass is 348 g/mol. The molecule has 1 unspecified atom stereocenters. The van der Waals surface area contributed by atoms with E-state index in [2.05, 4.69) is 5.32 Å².